The monoisotopic (exact) mass is 305 g/mol. The van der Waals surface area contributed by atoms with Gasteiger partial charge in [-0.1, -0.05) is 0 Å². The Hall–Kier alpha value is -2.34. The molecule has 0 radical (unpaired) electrons. The summed E-state index contributed by atoms with van der Waals surface area (Å²) in [7, 11) is 1.54. The van der Waals surface area contributed by atoms with Crippen LogP contribution in [0.5, 0.6) is 5.75 Å². The summed E-state index contributed by atoms with van der Waals surface area (Å²) in [5.41, 5.74) is 1.30. The van der Waals surface area contributed by atoms with Crippen LogP contribution in [-0.2, 0) is 20.8 Å². The SMILES string of the molecule is CCOc1ccc2c(c1)c(C=O)cn2CC(=O)OCCOC. The number of aromatic nitrogens is 1. The molecule has 0 N–H and O–H groups in total. The fourth-order valence-corrected chi connectivity index (χ4v) is 2.21. The van der Waals surface area contributed by atoms with E-state index >= 15 is 0 Å². The molecule has 0 saturated carbocycles. The Kier molecular flexibility index (Phi) is 5.55. The summed E-state index contributed by atoms with van der Waals surface area (Å²) in [6.07, 6.45) is 2.41. The van der Waals surface area contributed by atoms with Gasteiger partial charge in [0.2, 0.25) is 0 Å². The van der Waals surface area contributed by atoms with Gasteiger partial charge in [0.15, 0.2) is 6.29 Å². The Morgan fingerprint density at radius 3 is 2.82 bits per heavy atom. The number of carbonyl (C=O) groups excluding carboxylic acids is 2. The summed E-state index contributed by atoms with van der Waals surface area (Å²) in [6.45, 7) is 3.06. The summed E-state index contributed by atoms with van der Waals surface area (Å²) < 4.78 is 17.0. The number of carbonyl (C=O) groups is 2. The molecule has 0 unspecified atom stereocenters. The molecule has 0 fully saturated rings. The summed E-state index contributed by atoms with van der Waals surface area (Å²) in [4.78, 5) is 23.0. The number of aldehydes is 1. The van der Waals surface area contributed by atoms with Crippen molar-refractivity contribution in [2.45, 2.75) is 13.5 Å². The number of hydrogen-bond donors (Lipinski definition) is 0. The van der Waals surface area contributed by atoms with E-state index in [0.29, 0.717) is 24.5 Å². The number of hydrogen-bond acceptors (Lipinski definition) is 5. The molecule has 1 aromatic heterocycles. The first-order chi connectivity index (χ1) is 10.7. The smallest absolute Gasteiger partial charge is 0.326 e. The van der Waals surface area contributed by atoms with E-state index in [2.05, 4.69) is 0 Å². The van der Waals surface area contributed by atoms with Gasteiger partial charge in [-0.3, -0.25) is 9.59 Å². The third kappa shape index (κ3) is 3.65. The summed E-state index contributed by atoms with van der Waals surface area (Å²) in [6, 6.07) is 5.44. The van der Waals surface area contributed by atoms with Crippen molar-refractivity contribution in [3.8, 4) is 5.75 Å². The van der Waals surface area contributed by atoms with Crippen LogP contribution in [0.4, 0.5) is 0 Å². The summed E-state index contributed by atoms with van der Waals surface area (Å²) in [5.74, 6) is 0.318. The molecule has 22 heavy (non-hydrogen) atoms. The van der Waals surface area contributed by atoms with E-state index in [1.807, 2.05) is 19.1 Å². The topological polar surface area (TPSA) is 66.8 Å². The van der Waals surface area contributed by atoms with Crippen molar-refractivity contribution in [3.05, 3.63) is 30.0 Å². The van der Waals surface area contributed by atoms with Crippen molar-refractivity contribution in [2.24, 2.45) is 0 Å². The van der Waals surface area contributed by atoms with Crippen LogP contribution >= 0.6 is 0 Å². The minimum absolute atomic E-state index is 0.0437. The zero-order chi connectivity index (χ0) is 15.9. The standard InChI is InChI=1S/C16H19NO5/c1-3-21-13-4-5-15-14(8-13)12(11-18)9-17(15)10-16(19)22-7-6-20-2/h4-5,8-9,11H,3,6-7,10H2,1-2H3. The molecule has 0 aliphatic carbocycles. The van der Waals surface area contributed by atoms with Gasteiger partial charge >= 0.3 is 5.97 Å². The predicted octanol–water partition coefficient (Wildman–Crippen LogP) is 2.04. The molecule has 0 aliphatic heterocycles. The Labute approximate surface area is 128 Å². The van der Waals surface area contributed by atoms with Gasteiger partial charge in [0.25, 0.3) is 0 Å². The molecular formula is C16H19NO5. The van der Waals surface area contributed by atoms with Crippen LogP contribution in [0, 0.1) is 0 Å². The van der Waals surface area contributed by atoms with Gasteiger partial charge < -0.3 is 18.8 Å². The Bertz CT molecular complexity index is 662. The van der Waals surface area contributed by atoms with Gasteiger partial charge in [0.1, 0.15) is 18.9 Å². The lowest BCUT2D eigenvalue weighted by Crippen LogP contribution is -2.15. The van der Waals surface area contributed by atoms with Crippen molar-refractivity contribution >= 4 is 23.2 Å². The molecular weight excluding hydrogens is 286 g/mol. The maximum Gasteiger partial charge on any atom is 0.326 e. The van der Waals surface area contributed by atoms with Gasteiger partial charge in [-0.05, 0) is 25.1 Å². The number of benzene rings is 1. The van der Waals surface area contributed by atoms with E-state index in [0.717, 1.165) is 17.2 Å². The molecule has 118 valence electrons. The molecule has 0 bridgehead atoms. The zero-order valence-corrected chi connectivity index (χ0v) is 12.7. The van der Waals surface area contributed by atoms with E-state index in [1.54, 1.807) is 23.9 Å². The average molecular weight is 305 g/mol. The number of ether oxygens (including phenoxy) is 3. The van der Waals surface area contributed by atoms with E-state index in [1.165, 1.54) is 0 Å². The van der Waals surface area contributed by atoms with Crippen LogP contribution in [0.2, 0.25) is 0 Å². The number of methoxy groups -OCH3 is 1. The summed E-state index contributed by atoms with van der Waals surface area (Å²) in [5, 5.41) is 0.755. The number of rotatable bonds is 8. The molecule has 6 heteroatoms. The van der Waals surface area contributed by atoms with Gasteiger partial charge in [-0.15, -0.1) is 0 Å². The molecule has 1 heterocycles. The Morgan fingerprint density at radius 1 is 1.32 bits per heavy atom. The van der Waals surface area contributed by atoms with E-state index in [9.17, 15) is 9.59 Å². The fraction of sp³-hybridized carbons (Fsp3) is 0.375. The summed E-state index contributed by atoms with van der Waals surface area (Å²) >= 11 is 0. The molecule has 0 aliphatic rings. The fourth-order valence-electron chi connectivity index (χ4n) is 2.21. The highest BCUT2D eigenvalue weighted by molar-refractivity contribution is 5.98. The Balaban J connectivity index is 2.23. The second kappa shape index (κ2) is 7.61. The van der Waals surface area contributed by atoms with Crippen molar-refractivity contribution in [2.75, 3.05) is 26.9 Å². The zero-order valence-electron chi connectivity index (χ0n) is 12.7. The second-order valence-electron chi connectivity index (χ2n) is 4.66. The van der Waals surface area contributed by atoms with Gasteiger partial charge in [0, 0.05) is 29.8 Å². The van der Waals surface area contributed by atoms with Crippen LogP contribution in [0.1, 0.15) is 17.3 Å². The lowest BCUT2D eigenvalue weighted by atomic mass is 10.2. The van der Waals surface area contributed by atoms with Crippen molar-refractivity contribution in [1.29, 1.82) is 0 Å². The number of esters is 1. The molecule has 0 atom stereocenters. The number of fused-ring (bicyclic) bond motifs is 1. The molecule has 6 nitrogen and oxygen atoms in total. The molecule has 1 aromatic carbocycles. The maximum absolute atomic E-state index is 11.8. The first-order valence-electron chi connectivity index (χ1n) is 7.05. The van der Waals surface area contributed by atoms with Crippen LogP contribution in [0.15, 0.2) is 24.4 Å². The number of nitrogens with zero attached hydrogens (tertiary/aromatic N) is 1. The molecule has 0 spiro atoms. The quantitative estimate of drug-likeness (QED) is 0.424. The largest absolute Gasteiger partial charge is 0.494 e. The highest BCUT2D eigenvalue weighted by Gasteiger charge is 2.12. The predicted molar refractivity (Wildman–Crippen MR) is 81.3 cm³/mol. The molecule has 2 aromatic rings. The lowest BCUT2D eigenvalue weighted by molar-refractivity contribution is -0.145. The second-order valence-corrected chi connectivity index (χ2v) is 4.66. The van der Waals surface area contributed by atoms with Gasteiger partial charge in [-0.2, -0.15) is 0 Å². The van der Waals surface area contributed by atoms with E-state index < -0.39 is 0 Å². The van der Waals surface area contributed by atoms with Crippen LogP contribution < -0.4 is 4.74 Å². The lowest BCUT2D eigenvalue weighted by Gasteiger charge is -2.07. The minimum atomic E-state index is -0.375. The molecule has 2 rings (SSSR count). The van der Waals surface area contributed by atoms with Crippen molar-refractivity contribution < 1.29 is 23.8 Å². The van der Waals surface area contributed by atoms with Gasteiger partial charge in [0.05, 0.1) is 13.2 Å². The molecule has 0 saturated heterocycles. The molecule has 0 amide bonds. The van der Waals surface area contributed by atoms with Crippen LogP contribution in [0.25, 0.3) is 10.9 Å². The van der Waals surface area contributed by atoms with Gasteiger partial charge in [-0.25, -0.2) is 0 Å². The minimum Gasteiger partial charge on any atom is -0.494 e. The van der Waals surface area contributed by atoms with E-state index in [-0.39, 0.29) is 19.1 Å². The van der Waals surface area contributed by atoms with Crippen LogP contribution in [-0.4, -0.2) is 43.8 Å². The Morgan fingerprint density at radius 2 is 2.14 bits per heavy atom. The van der Waals surface area contributed by atoms with Crippen molar-refractivity contribution in [3.63, 3.8) is 0 Å². The van der Waals surface area contributed by atoms with E-state index in [4.69, 9.17) is 14.2 Å². The van der Waals surface area contributed by atoms with Crippen molar-refractivity contribution in [1.82, 2.24) is 4.57 Å². The maximum atomic E-state index is 11.8. The third-order valence-electron chi connectivity index (χ3n) is 3.17. The first kappa shape index (κ1) is 16.0. The average Bonchev–Trinajstić information content (AvgIpc) is 2.85. The normalized spacial score (nSPS) is 10.6. The third-order valence-corrected chi connectivity index (χ3v) is 3.17. The highest BCUT2D eigenvalue weighted by atomic mass is 16.6. The van der Waals surface area contributed by atoms with Crippen LogP contribution in [0.3, 0.4) is 0 Å². The highest BCUT2D eigenvalue weighted by Crippen LogP contribution is 2.25. The first-order valence-corrected chi connectivity index (χ1v) is 7.05.